The van der Waals surface area contributed by atoms with Gasteiger partial charge in [-0.25, -0.2) is 8.78 Å². The first-order chi connectivity index (χ1) is 8.75. The van der Waals surface area contributed by atoms with E-state index in [1.807, 2.05) is 5.32 Å². The minimum atomic E-state index is -4.61. The number of hydrogen-bond acceptors (Lipinski definition) is 2. The van der Waals surface area contributed by atoms with Crippen molar-refractivity contribution in [1.82, 2.24) is 5.32 Å². The standard InChI is InChI=1S/C11H11F5N2O/c1-17-8-3-2-6(11(14,15)16)4-7(8)10(19)18-5-9(12)13/h2-4,9,17H,5H2,1H3,(H,18,19). The van der Waals surface area contributed by atoms with E-state index in [9.17, 15) is 26.7 Å². The lowest BCUT2D eigenvalue weighted by atomic mass is 10.1. The topological polar surface area (TPSA) is 41.1 Å². The first-order valence-corrected chi connectivity index (χ1v) is 5.21. The summed E-state index contributed by atoms with van der Waals surface area (Å²) in [4.78, 5) is 11.6. The third kappa shape index (κ3) is 4.08. The van der Waals surface area contributed by atoms with Gasteiger partial charge in [-0.15, -0.1) is 0 Å². The van der Waals surface area contributed by atoms with E-state index in [4.69, 9.17) is 0 Å². The van der Waals surface area contributed by atoms with Crippen LogP contribution >= 0.6 is 0 Å². The first kappa shape index (κ1) is 15.2. The van der Waals surface area contributed by atoms with Gasteiger partial charge in [0.1, 0.15) is 0 Å². The summed E-state index contributed by atoms with van der Waals surface area (Å²) in [6, 6.07) is 2.49. The summed E-state index contributed by atoms with van der Waals surface area (Å²) < 4.78 is 61.4. The van der Waals surface area contributed by atoms with Crippen molar-refractivity contribution >= 4 is 11.6 Å². The van der Waals surface area contributed by atoms with E-state index in [-0.39, 0.29) is 11.3 Å². The average Bonchev–Trinajstić information content (AvgIpc) is 2.33. The lowest BCUT2D eigenvalue weighted by Crippen LogP contribution is -2.29. The highest BCUT2D eigenvalue weighted by Gasteiger charge is 2.31. The van der Waals surface area contributed by atoms with Crippen molar-refractivity contribution in [2.75, 3.05) is 18.9 Å². The molecular weight excluding hydrogens is 271 g/mol. The Labute approximate surface area is 105 Å². The molecule has 1 aromatic rings. The highest BCUT2D eigenvalue weighted by Crippen LogP contribution is 2.31. The molecule has 0 aliphatic rings. The van der Waals surface area contributed by atoms with Crippen LogP contribution in [0.1, 0.15) is 15.9 Å². The molecule has 0 saturated heterocycles. The number of benzene rings is 1. The largest absolute Gasteiger partial charge is 0.416 e. The fraction of sp³-hybridized carbons (Fsp3) is 0.364. The molecule has 0 bridgehead atoms. The first-order valence-electron chi connectivity index (χ1n) is 5.21. The average molecular weight is 282 g/mol. The van der Waals surface area contributed by atoms with E-state index < -0.39 is 30.6 Å². The summed E-state index contributed by atoms with van der Waals surface area (Å²) in [6.45, 7) is -0.918. The van der Waals surface area contributed by atoms with E-state index in [1.54, 1.807) is 0 Å². The second kappa shape index (κ2) is 5.85. The minimum absolute atomic E-state index is 0.125. The van der Waals surface area contributed by atoms with Crippen molar-refractivity contribution in [2.24, 2.45) is 0 Å². The summed E-state index contributed by atoms with van der Waals surface area (Å²) in [5, 5.41) is 4.38. The molecule has 0 saturated carbocycles. The van der Waals surface area contributed by atoms with Crippen molar-refractivity contribution in [3.8, 4) is 0 Å². The summed E-state index contributed by atoms with van der Waals surface area (Å²) in [5.41, 5.74) is -1.23. The molecular formula is C11H11F5N2O. The van der Waals surface area contributed by atoms with E-state index >= 15 is 0 Å². The Hall–Kier alpha value is -1.86. The number of alkyl halides is 5. The molecule has 0 atom stereocenters. The fourth-order valence-electron chi connectivity index (χ4n) is 1.39. The molecule has 0 aliphatic carbocycles. The van der Waals surface area contributed by atoms with Crippen LogP contribution in [0.15, 0.2) is 18.2 Å². The third-order valence-electron chi connectivity index (χ3n) is 2.28. The van der Waals surface area contributed by atoms with Gasteiger partial charge in [0, 0.05) is 12.7 Å². The maximum absolute atomic E-state index is 12.5. The predicted octanol–water partition coefficient (Wildman–Crippen LogP) is 2.74. The van der Waals surface area contributed by atoms with Gasteiger partial charge >= 0.3 is 6.18 Å². The van der Waals surface area contributed by atoms with Crippen molar-refractivity contribution in [3.63, 3.8) is 0 Å². The number of anilines is 1. The van der Waals surface area contributed by atoms with E-state index in [2.05, 4.69) is 5.32 Å². The van der Waals surface area contributed by atoms with E-state index in [1.165, 1.54) is 7.05 Å². The second-order valence-electron chi connectivity index (χ2n) is 3.61. The maximum atomic E-state index is 12.5. The molecule has 0 aromatic heterocycles. The molecule has 0 unspecified atom stereocenters. The van der Waals surface area contributed by atoms with Crippen LogP contribution in [0.3, 0.4) is 0 Å². The van der Waals surface area contributed by atoms with Crippen molar-refractivity contribution in [2.45, 2.75) is 12.6 Å². The van der Waals surface area contributed by atoms with Gasteiger partial charge in [-0.2, -0.15) is 13.2 Å². The molecule has 0 fully saturated rings. The predicted molar refractivity (Wildman–Crippen MR) is 59.3 cm³/mol. The van der Waals surface area contributed by atoms with Crippen LogP contribution in [-0.2, 0) is 6.18 Å². The van der Waals surface area contributed by atoms with E-state index in [0.29, 0.717) is 6.07 Å². The summed E-state index contributed by atoms with van der Waals surface area (Å²) >= 11 is 0. The van der Waals surface area contributed by atoms with Crippen LogP contribution in [0, 0.1) is 0 Å². The Bertz CT molecular complexity index is 459. The molecule has 0 aliphatic heterocycles. The molecule has 0 radical (unpaired) electrons. The van der Waals surface area contributed by atoms with Gasteiger partial charge in [-0.3, -0.25) is 4.79 Å². The number of rotatable bonds is 4. The molecule has 8 heteroatoms. The number of hydrogen-bond donors (Lipinski definition) is 2. The highest BCUT2D eigenvalue weighted by molar-refractivity contribution is 5.99. The molecule has 0 spiro atoms. The normalized spacial score (nSPS) is 11.5. The fourth-order valence-corrected chi connectivity index (χ4v) is 1.39. The zero-order valence-electron chi connectivity index (χ0n) is 9.81. The maximum Gasteiger partial charge on any atom is 0.416 e. The zero-order valence-corrected chi connectivity index (χ0v) is 9.81. The van der Waals surface area contributed by atoms with Crippen molar-refractivity contribution < 1.29 is 26.7 Å². The van der Waals surface area contributed by atoms with Crippen LogP contribution in [0.2, 0.25) is 0 Å². The molecule has 19 heavy (non-hydrogen) atoms. The van der Waals surface area contributed by atoms with Gasteiger partial charge < -0.3 is 10.6 Å². The van der Waals surface area contributed by atoms with Crippen LogP contribution in [0.4, 0.5) is 27.6 Å². The molecule has 106 valence electrons. The number of nitrogens with one attached hydrogen (secondary N) is 2. The van der Waals surface area contributed by atoms with Crippen LogP contribution in [0.5, 0.6) is 0 Å². The SMILES string of the molecule is CNc1ccc(C(F)(F)F)cc1C(=O)NCC(F)F. The number of carbonyl (C=O) groups excluding carboxylic acids is 1. The molecule has 1 rings (SSSR count). The zero-order chi connectivity index (χ0) is 14.6. The van der Waals surface area contributed by atoms with Gasteiger partial charge in [0.15, 0.2) is 0 Å². The van der Waals surface area contributed by atoms with Gasteiger partial charge in [-0.05, 0) is 18.2 Å². The Kier molecular flexibility index (Phi) is 4.68. The minimum Gasteiger partial charge on any atom is -0.387 e. The van der Waals surface area contributed by atoms with Crippen molar-refractivity contribution in [1.29, 1.82) is 0 Å². The Balaban J connectivity index is 3.05. The molecule has 0 heterocycles. The summed E-state index contributed by atoms with van der Waals surface area (Å²) in [7, 11) is 1.41. The monoisotopic (exact) mass is 282 g/mol. The van der Waals surface area contributed by atoms with Gasteiger partial charge in [0.25, 0.3) is 12.3 Å². The number of amides is 1. The Morgan fingerprint density at radius 1 is 1.32 bits per heavy atom. The van der Waals surface area contributed by atoms with Crippen LogP contribution < -0.4 is 10.6 Å². The lowest BCUT2D eigenvalue weighted by Gasteiger charge is -2.13. The van der Waals surface area contributed by atoms with Crippen LogP contribution in [-0.4, -0.2) is 25.9 Å². The van der Waals surface area contributed by atoms with Gasteiger partial charge in [0.2, 0.25) is 0 Å². The van der Waals surface area contributed by atoms with Gasteiger partial charge in [-0.1, -0.05) is 0 Å². The third-order valence-corrected chi connectivity index (χ3v) is 2.28. The number of halogens is 5. The smallest absolute Gasteiger partial charge is 0.387 e. The highest BCUT2D eigenvalue weighted by atomic mass is 19.4. The molecule has 1 aromatic carbocycles. The quantitative estimate of drug-likeness (QED) is 0.834. The Morgan fingerprint density at radius 2 is 1.95 bits per heavy atom. The molecule has 1 amide bonds. The molecule has 3 nitrogen and oxygen atoms in total. The molecule has 2 N–H and O–H groups in total. The summed E-state index contributed by atoms with van der Waals surface area (Å²) in [6.07, 6.45) is -7.38. The van der Waals surface area contributed by atoms with Gasteiger partial charge in [0.05, 0.1) is 17.7 Å². The lowest BCUT2D eigenvalue weighted by molar-refractivity contribution is -0.137. The Morgan fingerprint density at radius 3 is 2.42 bits per heavy atom. The second-order valence-corrected chi connectivity index (χ2v) is 3.61. The van der Waals surface area contributed by atoms with Crippen molar-refractivity contribution in [3.05, 3.63) is 29.3 Å². The summed E-state index contributed by atoms with van der Waals surface area (Å²) in [5.74, 6) is -0.990. The van der Waals surface area contributed by atoms with Crippen LogP contribution in [0.25, 0.3) is 0 Å². The van der Waals surface area contributed by atoms with E-state index in [0.717, 1.165) is 12.1 Å². The number of carbonyl (C=O) groups is 1.